The molecule has 2 saturated carbocycles. The normalized spacial score (nSPS) is 41.6. The molecule has 2 aliphatic carbocycles. The van der Waals surface area contributed by atoms with E-state index in [1.54, 1.807) is 0 Å². The summed E-state index contributed by atoms with van der Waals surface area (Å²) in [7, 11) is -3.46. The lowest BCUT2D eigenvalue weighted by Crippen LogP contribution is -2.38. The second kappa shape index (κ2) is 3.57. The summed E-state index contributed by atoms with van der Waals surface area (Å²) in [6.07, 6.45) is 4.11. The van der Waals surface area contributed by atoms with E-state index in [2.05, 4.69) is 4.98 Å². The summed E-state index contributed by atoms with van der Waals surface area (Å²) in [4.78, 5) is 15.6. The third-order valence-corrected chi connectivity index (χ3v) is 6.14. The lowest BCUT2D eigenvalue weighted by molar-refractivity contribution is 0.00613. The van der Waals surface area contributed by atoms with Crippen molar-refractivity contribution in [3.63, 3.8) is 0 Å². The maximum absolute atomic E-state index is 11.9. The highest BCUT2D eigenvalue weighted by Crippen LogP contribution is 2.55. The standard InChI is InChI=1S/C11H12N2O5S/c14-11(13-2-1-12-5-13)17-9-6-3-7-8(4-6)19(15,16)18-10(7)9/h1-2,5-10H,3-4H2. The highest BCUT2D eigenvalue weighted by molar-refractivity contribution is 7.87. The fourth-order valence-electron chi connectivity index (χ4n) is 3.59. The summed E-state index contributed by atoms with van der Waals surface area (Å²) in [5, 5.41) is -0.398. The summed E-state index contributed by atoms with van der Waals surface area (Å²) in [5.41, 5.74) is 0. The number of aromatic nitrogens is 2. The largest absolute Gasteiger partial charge is 0.442 e. The zero-order valence-electron chi connectivity index (χ0n) is 9.88. The highest BCUT2D eigenvalue weighted by atomic mass is 32.2. The van der Waals surface area contributed by atoms with Crippen LogP contribution in [0.1, 0.15) is 12.8 Å². The van der Waals surface area contributed by atoms with Crippen LogP contribution in [0.25, 0.3) is 0 Å². The minimum atomic E-state index is -3.46. The predicted molar refractivity (Wildman–Crippen MR) is 61.7 cm³/mol. The molecule has 5 unspecified atom stereocenters. The quantitative estimate of drug-likeness (QED) is 0.692. The van der Waals surface area contributed by atoms with Crippen LogP contribution in [-0.2, 0) is 19.0 Å². The van der Waals surface area contributed by atoms with Crippen molar-refractivity contribution in [3.8, 4) is 0 Å². The van der Waals surface area contributed by atoms with Gasteiger partial charge in [0.25, 0.3) is 10.1 Å². The fraction of sp³-hybridized carbons (Fsp3) is 0.636. The summed E-state index contributed by atoms with van der Waals surface area (Å²) in [5.74, 6) is 0.0698. The summed E-state index contributed by atoms with van der Waals surface area (Å²) < 4.78 is 35.3. The molecule has 0 spiro atoms. The van der Waals surface area contributed by atoms with Gasteiger partial charge in [-0.05, 0) is 12.8 Å². The van der Waals surface area contributed by atoms with Crippen molar-refractivity contribution in [2.45, 2.75) is 30.3 Å². The number of carbonyl (C=O) groups is 1. The number of hydrogen-bond acceptors (Lipinski definition) is 6. The van der Waals surface area contributed by atoms with E-state index < -0.39 is 33.7 Å². The molecule has 4 rings (SSSR count). The van der Waals surface area contributed by atoms with Gasteiger partial charge in [0.15, 0.2) is 0 Å². The van der Waals surface area contributed by atoms with Crippen LogP contribution in [0.2, 0.25) is 0 Å². The molecule has 0 radical (unpaired) electrons. The Kier molecular flexibility index (Phi) is 2.15. The first-order valence-electron chi connectivity index (χ1n) is 6.17. The fourth-order valence-corrected chi connectivity index (χ4v) is 5.47. The minimum absolute atomic E-state index is 0.0180. The van der Waals surface area contributed by atoms with Gasteiger partial charge in [0.2, 0.25) is 0 Å². The molecule has 1 aliphatic heterocycles. The third-order valence-electron chi connectivity index (χ3n) is 4.37. The molecule has 1 saturated heterocycles. The maximum atomic E-state index is 11.9. The zero-order chi connectivity index (χ0) is 13.2. The topological polar surface area (TPSA) is 87.5 Å². The molecule has 5 atom stereocenters. The first-order chi connectivity index (χ1) is 9.06. The number of fused-ring (bicyclic) bond motifs is 1. The Morgan fingerprint density at radius 3 is 3.00 bits per heavy atom. The number of carbonyl (C=O) groups excluding carboxylic acids is 1. The number of hydrogen-bond donors (Lipinski definition) is 0. The summed E-state index contributed by atoms with van der Waals surface area (Å²) in [6, 6.07) is 0. The van der Waals surface area contributed by atoms with E-state index >= 15 is 0 Å². The Hall–Kier alpha value is -1.41. The Morgan fingerprint density at radius 2 is 2.26 bits per heavy atom. The Bertz CT molecular complexity index is 626. The third kappa shape index (κ3) is 1.50. The number of imidazole rings is 1. The van der Waals surface area contributed by atoms with E-state index in [-0.39, 0.29) is 11.8 Å². The predicted octanol–water partition coefficient (Wildman–Crippen LogP) is 0.373. The first kappa shape index (κ1) is 11.4. The van der Waals surface area contributed by atoms with Gasteiger partial charge in [0, 0.05) is 24.2 Å². The van der Waals surface area contributed by atoms with Crippen LogP contribution in [0, 0.1) is 11.8 Å². The van der Waals surface area contributed by atoms with Gasteiger partial charge in [0.05, 0.1) is 5.25 Å². The molecule has 1 aromatic heterocycles. The first-order valence-corrected chi connectivity index (χ1v) is 7.64. The van der Waals surface area contributed by atoms with E-state index in [0.717, 1.165) is 6.42 Å². The molecule has 1 aromatic rings. The lowest BCUT2D eigenvalue weighted by atomic mass is 9.94. The zero-order valence-corrected chi connectivity index (χ0v) is 10.7. The van der Waals surface area contributed by atoms with Gasteiger partial charge in [-0.25, -0.2) is 14.3 Å². The second-order valence-corrected chi connectivity index (χ2v) is 7.09. The van der Waals surface area contributed by atoms with Gasteiger partial charge in [-0.2, -0.15) is 8.42 Å². The molecular formula is C11H12N2O5S. The van der Waals surface area contributed by atoms with Crippen molar-refractivity contribution in [3.05, 3.63) is 18.7 Å². The van der Waals surface area contributed by atoms with Crippen molar-refractivity contribution in [1.82, 2.24) is 9.55 Å². The molecule has 0 amide bonds. The molecule has 2 bridgehead atoms. The van der Waals surface area contributed by atoms with E-state index in [1.807, 2.05) is 0 Å². The Labute approximate surface area is 109 Å². The van der Waals surface area contributed by atoms with E-state index in [0.29, 0.717) is 6.42 Å². The molecule has 8 heteroatoms. The monoisotopic (exact) mass is 284 g/mol. The average molecular weight is 284 g/mol. The number of rotatable bonds is 1. The molecular weight excluding hydrogens is 272 g/mol. The van der Waals surface area contributed by atoms with Gasteiger partial charge in [-0.15, -0.1) is 0 Å². The smallest absolute Gasteiger partial charge is 0.419 e. The van der Waals surface area contributed by atoms with Gasteiger partial charge in [0.1, 0.15) is 18.5 Å². The lowest BCUT2D eigenvalue weighted by Gasteiger charge is -2.24. The van der Waals surface area contributed by atoms with Crippen molar-refractivity contribution in [2.75, 3.05) is 0 Å². The van der Waals surface area contributed by atoms with Crippen molar-refractivity contribution < 1.29 is 22.1 Å². The molecule has 19 heavy (non-hydrogen) atoms. The molecule has 0 aromatic carbocycles. The van der Waals surface area contributed by atoms with Crippen LogP contribution in [0.3, 0.4) is 0 Å². The highest BCUT2D eigenvalue weighted by Gasteiger charge is 2.65. The van der Waals surface area contributed by atoms with Gasteiger partial charge >= 0.3 is 6.09 Å². The molecule has 0 N–H and O–H groups in total. The molecule has 3 aliphatic rings. The summed E-state index contributed by atoms with van der Waals surface area (Å²) in [6.45, 7) is 0. The van der Waals surface area contributed by atoms with Crippen molar-refractivity contribution in [1.29, 1.82) is 0 Å². The summed E-state index contributed by atoms with van der Waals surface area (Å²) >= 11 is 0. The Balaban J connectivity index is 1.57. The number of ether oxygens (including phenoxy) is 1. The van der Waals surface area contributed by atoms with Crippen molar-refractivity contribution >= 4 is 16.2 Å². The van der Waals surface area contributed by atoms with E-state index in [1.165, 1.54) is 23.3 Å². The van der Waals surface area contributed by atoms with Crippen LogP contribution < -0.4 is 0 Å². The Morgan fingerprint density at radius 1 is 1.42 bits per heavy atom. The molecule has 2 heterocycles. The maximum Gasteiger partial charge on any atom is 0.419 e. The van der Waals surface area contributed by atoms with Gasteiger partial charge in [-0.1, -0.05) is 0 Å². The van der Waals surface area contributed by atoms with Gasteiger partial charge in [-0.3, -0.25) is 4.18 Å². The SMILES string of the molecule is O=C(OC1C2CC3C1OS(=O)(=O)C3C2)n1ccnc1. The molecule has 7 nitrogen and oxygen atoms in total. The van der Waals surface area contributed by atoms with Gasteiger partial charge < -0.3 is 4.74 Å². The number of nitrogens with zero attached hydrogens (tertiary/aromatic N) is 2. The van der Waals surface area contributed by atoms with Crippen LogP contribution in [0.4, 0.5) is 4.79 Å². The minimum Gasteiger partial charge on any atom is -0.442 e. The molecule has 3 fully saturated rings. The van der Waals surface area contributed by atoms with Crippen LogP contribution in [-0.4, -0.2) is 41.5 Å². The van der Waals surface area contributed by atoms with E-state index in [4.69, 9.17) is 8.92 Å². The average Bonchev–Trinajstić information content (AvgIpc) is 3.05. The van der Waals surface area contributed by atoms with Crippen LogP contribution in [0.15, 0.2) is 18.7 Å². The second-order valence-electron chi connectivity index (χ2n) is 5.31. The van der Waals surface area contributed by atoms with E-state index in [9.17, 15) is 13.2 Å². The van der Waals surface area contributed by atoms with Crippen LogP contribution >= 0.6 is 0 Å². The van der Waals surface area contributed by atoms with Crippen molar-refractivity contribution in [2.24, 2.45) is 11.8 Å². The van der Waals surface area contributed by atoms with Crippen LogP contribution in [0.5, 0.6) is 0 Å². The molecule has 102 valence electrons.